The summed E-state index contributed by atoms with van der Waals surface area (Å²) in [4.78, 5) is 0. The van der Waals surface area contributed by atoms with Crippen LogP contribution < -0.4 is 0 Å². The van der Waals surface area contributed by atoms with Crippen LogP contribution in [-0.2, 0) is 9.47 Å². The van der Waals surface area contributed by atoms with Crippen LogP contribution in [-0.4, -0.2) is 18.0 Å². The molecule has 0 aromatic carbocycles. The van der Waals surface area contributed by atoms with Crippen molar-refractivity contribution in [1.82, 2.24) is 0 Å². The molecule has 2 atom stereocenters. The summed E-state index contributed by atoms with van der Waals surface area (Å²) < 4.78 is 12.2. The zero-order valence-corrected chi connectivity index (χ0v) is 14.0. The lowest BCUT2D eigenvalue weighted by molar-refractivity contribution is -0.121. The van der Waals surface area contributed by atoms with Gasteiger partial charge in [-0.05, 0) is 59.5 Å². The standard InChI is InChI=1S/C19H30O2/c1-15(2)9-7-10-16(3)11-8-14-19(4)20-17-12-5-6-13-18(17)21-19/h8-9,11,14,17-18H,5-7,10,12-13H2,1-4H3/b14-8+,16-11+. The van der Waals surface area contributed by atoms with Gasteiger partial charge in [0, 0.05) is 0 Å². The van der Waals surface area contributed by atoms with E-state index in [0.29, 0.717) is 12.2 Å². The Kier molecular flexibility index (Phi) is 5.83. The van der Waals surface area contributed by atoms with E-state index in [2.05, 4.69) is 45.1 Å². The molecule has 1 heterocycles. The van der Waals surface area contributed by atoms with Crippen molar-refractivity contribution in [2.45, 2.75) is 84.2 Å². The summed E-state index contributed by atoms with van der Waals surface area (Å²) in [7, 11) is 0. The Morgan fingerprint density at radius 3 is 2.29 bits per heavy atom. The number of hydrogen-bond acceptors (Lipinski definition) is 2. The third-order valence-electron chi connectivity index (χ3n) is 4.28. The first-order chi connectivity index (χ1) is 9.98. The third kappa shape index (κ3) is 5.12. The molecular weight excluding hydrogens is 260 g/mol. The fourth-order valence-electron chi connectivity index (χ4n) is 3.10. The molecule has 2 fully saturated rings. The molecule has 1 aliphatic heterocycles. The smallest absolute Gasteiger partial charge is 0.186 e. The van der Waals surface area contributed by atoms with Crippen molar-refractivity contribution in [2.24, 2.45) is 0 Å². The van der Waals surface area contributed by atoms with Crippen LogP contribution in [0.5, 0.6) is 0 Å². The van der Waals surface area contributed by atoms with Crippen LogP contribution in [0.2, 0.25) is 0 Å². The summed E-state index contributed by atoms with van der Waals surface area (Å²) in [5.74, 6) is -0.531. The SMILES string of the molecule is CC(C)=CCC/C(C)=C/C=C/C1(C)OC2CCCCC2O1. The average Bonchev–Trinajstić information content (AvgIpc) is 2.74. The molecule has 1 aliphatic carbocycles. The molecule has 2 aliphatic rings. The van der Waals surface area contributed by atoms with E-state index in [9.17, 15) is 0 Å². The van der Waals surface area contributed by atoms with E-state index in [4.69, 9.17) is 9.47 Å². The van der Waals surface area contributed by atoms with Gasteiger partial charge in [-0.15, -0.1) is 0 Å². The molecule has 0 aromatic rings. The van der Waals surface area contributed by atoms with Crippen LogP contribution in [0.1, 0.15) is 66.2 Å². The highest BCUT2D eigenvalue weighted by atomic mass is 16.8. The molecule has 21 heavy (non-hydrogen) atoms. The highest BCUT2D eigenvalue weighted by Crippen LogP contribution is 2.37. The molecule has 0 bridgehead atoms. The Balaban J connectivity index is 1.84. The number of allylic oxidation sites excluding steroid dienone is 5. The van der Waals surface area contributed by atoms with Crippen LogP contribution in [0.25, 0.3) is 0 Å². The first-order valence-electron chi connectivity index (χ1n) is 8.32. The highest BCUT2D eigenvalue weighted by molar-refractivity contribution is 5.14. The van der Waals surface area contributed by atoms with Crippen LogP contribution in [0.15, 0.2) is 35.5 Å². The zero-order valence-electron chi connectivity index (χ0n) is 14.0. The van der Waals surface area contributed by atoms with Gasteiger partial charge in [0.05, 0.1) is 12.2 Å². The third-order valence-corrected chi connectivity index (χ3v) is 4.28. The molecule has 0 aromatic heterocycles. The van der Waals surface area contributed by atoms with Crippen molar-refractivity contribution in [3.05, 3.63) is 35.5 Å². The van der Waals surface area contributed by atoms with E-state index in [1.165, 1.54) is 24.0 Å². The largest absolute Gasteiger partial charge is 0.341 e. The maximum Gasteiger partial charge on any atom is 0.186 e. The second-order valence-corrected chi connectivity index (χ2v) is 6.81. The summed E-state index contributed by atoms with van der Waals surface area (Å²) >= 11 is 0. The molecule has 0 amide bonds. The summed E-state index contributed by atoms with van der Waals surface area (Å²) in [5.41, 5.74) is 2.78. The fourth-order valence-corrected chi connectivity index (χ4v) is 3.10. The molecule has 2 unspecified atom stereocenters. The van der Waals surface area contributed by atoms with Gasteiger partial charge in [0.25, 0.3) is 0 Å². The lowest BCUT2D eigenvalue weighted by Gasteiger charge is -2.21. The van der Waals surface area contributed by atoms with Crippen molar-refractivity contribution in [3.63, 3.8) is 0 Å². The Morgan fingerprint density at radius 1 is 1.10 bits per heavy atom. The number of ether oxygens (including phenoxy) is 2. The molecular formula is C19H30O2. The van der Waals surface area contributed by atoms with Crippen LogP contribution in [0, 0.1) is 0 Å². The number of hydrogen-bond donors (Lipinski definition) is 0. The van der Waals surface area contributed by atoms with Gasteiger partial charge in [0.2, 0.25) is 0 Å². The van der Waals surface area contributed by atoms with Crippen LogP contribution >= 0.6 is 0 Å². The van der Waals surface area contributed by atoms with Crippen molar-refractivity contribution in [3.8, 4) is 0 Å². The maximum atomic E-state index is 6.10. The minimum atomic E-state index is -0.531. The van der Waals surface area contributed by atoms with Gasteiger partial charge >= 0.3 is 0 Å². The Morgan fingerprint density at radius 2 is 1.71 bits per heavy atom. The van der Waals surface area contributed by atoms with E-state index >= 15 is 0 Å². The average molecular weight is 290 g/mol. The van der Waals surface area contributed by atoms with E-state index in [0.717, 1.165) is 25.7 Å². The van der Waals surface area contributed by atoms with E-state index in [1.807, 2.05) is 6.92 Å². The quantitative estimate of drug-likeness (QED) is 0.504. The summed E-state index contributed by atoms with van der Waals surface area (Å²) in [6, 6.07) is 0. The summed E-state index contributed by atoms with van der Waals surface area (Å²) in [6.45, 7) is 8.51. The molecule has 1 saturated heterocycles. The Hall–Kier alpha value is -0.860. The normalized spacial score (nSPS) is 33.2. The predicted molar refractivity (Wildman–Crippen MR) is 88.2 cm³/mol. The van der Waals surface area contributed by atoms with Crippen LogP contribution in [0.4, 0.5) is 0 Å². The summed E-state index contributed by atoms with van der Waals surface area (Å²) in [6.07, 6.45) is 16.3. The molecule has 2 nitrogen and oxygen atoms in total. The minimum Gasteiger partial charge on any atom is -0.341 e. The molecule has 118 valence electrons. The molecule has 0 spiro atoms. The van der Waals surface area contributed by atoms with Crippen molar-refractivity contribution in [2.75, 3.05) is 0 Å². The first-order valence-corrected chi connectivity index (χ1v) is 8.32. The minimum absolute atomic E-state index is 0.302. The Labute approximate surface area is 129 Å². The Bertz CT molecular complexity index is 413. The van der Waals surface area contributed by atoms with Crippen molar-refractivity contribution >= 4 is 0 Å². The van der Waals surface area contributed by atoms with Crippen LogP contribution in [0.3, 0.4) is 0 Å². The van der Waals surface area contributed by atoms with Crippen molar-refractivity contribution < 1.29 is 9.47 Å². The monoisotopic (exact) mass is 290 g/mol. The fraction of sp³-hybridized carbons (Fsp3) is 0.684. The summed E-state index contributed by atoms with van der Waals surface area (Å²) in [5, 5.41) is 0. The maximum absolute atomic E-state index is 6.10. The topological polar surface area (TPSA) is 18.5 Å². The van der Waals surface area contributed by atoms with Gasteiger partial charge in [-0.1, -0.05) is 42.2 Å². The van der Waals surface area contributed by atoms with Crippen molar-refractivity contribution in [1.29, 1.82) is 0 Å². The highest BCUT2D eigenvalue weighted by Gasteiger charge is 2.43. The predicted octanol–water partition coefficient (Wildman–Crippen LogP) is 5.31. The van der Waals surface area contributed by atoms with Gasteiger partial charge in [-0.25, -0.2) is 0 Å². The van der Waals surface area contributed by atoms with Gasteiger partial charge in [-0.3, -0.25) is 0 Å². The van der Waals surface area contributed by atoms with E-state index in [1.54, 1.807) is 0 Å². The van der Waals surface area contributed by atoms with Gasteiger partial charge in [0.15, 0.2) is 5.79 Å². The first kappa shape index (κ1) is 16.5. The van der Waals surface area contributed by atoms with Gasteiger partial charge in [-0.2, -0.15) is 0 Å². The lowest BCUT2D eigenvalue weighted by Crippen LogP contribution is -2.25. The van der Waals surface area contributed by atoms with Gasteiger partial charge < -0.3 is 9.47 Å². The molecule has 2 heteroatoms. The molecule has 2 rings (SSSR count). The molecule has 1 saturated carbocycles. The second kappa shape index (κ2) is 7.42. The van der Waals surface area contributed by atoms with E-state index < -0.39 is 5.79 Å². The van der Waals surface area contributed by atoms with Gasteiger partial charge in [0.1, 0.15) is 0 Å². The molecule has 0 N–H and O–H groups in total. The number of rotatable bonds is 5. The molecule has 0 radical (unpaired) electrons. The van der Waals surface area contributed by atoms with E-state index in [-0.39, 0.29) is 0 Å². The second-order valence-electron chi connectivity index (χ2n) is 6.81. The zero-order chi connectivity index (χ0) is 15.3. The lowest BCUT2D eigenvalue weighted by atomic mass is 9.95. The number of fused-ring (bicyclic) bond motifs is 1.